The highest BCUT2D eigenvalue weighted by Crippen LogP contribution is 2.23. The summed E-state index contributed by atoms with van der Waals surface area (Å²) in [6.45, 7) is 0.957. The Labute approximate surface area is 98.8 Å². The Bertz CT molecular complexity index is 647. The molecule has 0 unspecified atom stereocenters. The molecule has 1 aromatic rings. The Morgan fingerprint density at radius 3 is 2.00 bits per heavy atom. The Morgan fingerprint density at radius 2 is 1.65 bits per heavy atom. The number of hydrogen-bond acceptors (Lipinski definition) is 4. The Hall–Kier alpha value is -1.00. The van der Waals surface area contributed by atoms with Gasteiger partial charge in [0.05, 0.1) is 9.79 Å². The molecule has 0 atom stereocenters. The lowest BCUT2D eigenvalue weighted by Crippen LogP contribution is -2.08. The van der Waals surface area contributed by atoms with Crippen molar-refractivity contribution in [3.63, 3.8) is 0 Å². The molecule has 0 heterocycles. The van der Waals surface area contributed by atoms with Crippen molar-refractivity contribution in [3.8, 4) is 0 Å². The molecule has 0 spiro atoms. The largest absolute Gasteiger partial charge is 0.294 e. The SMILES string of the molecule is Cc1c(C[NH])cc(S(=O)(=O)O)cc1S(=O)(=O)O. The van der Waals surface area contributed by atoms with E-state index in [0.717, 1.165) is 6.07 Å². The van der Waals surface area contributed by atoms with Gasteiger partial charge in [-0.3, -0.25) is 14.8 Å². The van der Waals surface area contributed by atoms with E-state index in [1.807, 2.05) is 0 Å². The summed E-state index contributed by atoms with van der Waals surface area (Å²) in [5.41, 5.74) is 7.30. The van der Waals surface area contributed by atoms with E-state index in [4.69, 9.17) is 14.8 Å². The molecular formula is C8H10NO6S2. The second-order valence-electron chi connectivity index (χ2n) is 3.33. The van der Waals surface area contributed by atoms with Crippen LogP contribution in [0.25, 0.3) is 0 Å². The van der Waals surface area contributed by atoms with Crippen LogP contribution in [0.4, 0.5) is 0 Å². The zero-order chi connectivity index (χ0) is 13.4. The molecule has 9 heteroatoms. The Morgan fingerprint density at radius 1 is 1.12 bits per heavy atom. The lowest BCUT2D eigenvalue weighted by Gasteiger charge is -2.09. The van der Waals surface area contributed by atoms with Crippen LogP contribution in [0.3, 0.4) is 0 Å². The van der Waals surface area contributed by atoms with Crippen molar-refractivity contribution in [3.05, 3.63) is 23.3 Å². The molecule has 3 N–H and O–H groups in total. The smallest absolute Gasteiger partial charge is 0.282 e. The van der Waals surface area contributed by atoms with Gasteiger partial charge in [0.25, 0.3) is 20.2 Å². The molecule has 0 aliphatic carbocycles. The van der Waals surface area contributed by atoms with Crippen LogP contribution in [0.2, 0.25) is 0 Å². The van der Waals surface area contributed by atoms with Crippen LogP contribution in [0.5, 0.6) is 0 Å². The second kappa shape index (κ2) is 4.35. The predicted octanol–water partition coefficient (Wildman–Crippen LogP) is 0.271. The van der Waals surface area contributed by atoms with Crippen LogP contribution in [0.1, 0.15) is 11.1 Å². The average molecular weight is 280 g/mol. The molecule has 0 aromatic heterocycles. The third-order valence-electron chi connectivity index (χ3n) is 2.21. The molecule has 0 amide bonds. The van der Waals surface area contributed by atoms with Gasteiger partial charge in [-0.15, -0.1) is 0 Å². The van der Waals surface area contributed by atoms with Crippen molar-refractivity contribution in [2.75, 3.05) is 0 Å². The van der Waals surface area contributed by atoms with E-state index in [1.165, 1.54) is 6.92 Å². The summed E-state index contributed by atoms with van der Waals surface area (Å²) in [6, 6.07) is 1.64. The van der Waals surface area contributed by atoms with E-state index in [2.05, 4.69) is 0 Å². The number of hydrogen-bond donors (Lipinski definition) is 2. The van der Waals surface area contributed by atoms with Gasteiger partial charge in [0.2, 0.25) is 0 Å². The molecule has 0 bridgehead atoms. The fourth-order valence-corrected chi connectivity index (χ4v) is 2.74. The van der Waals surface area contributed by atoms with Gasteiger partial charge in [-0.05, 0) is 30.2 Å². The summed E-state index contributed by atoms with van der Waals surface area (Å²) >= 11 is 0. The topological polar surface area (TPSA) is 133 Å². The van der Waals surface area contributed by atoms with Crippen molar-refractivity contribution in [2.24, 2.45) is 0 Å². The lowest BCUT2D eigenvalue weighted by molar-refractivity contribution is 0.480. The summed E-state index contributed by atoms with van der Waals surface area (Å²) in [7, 11) is -9.20. The minimum atomic E-state index is -4.61. The van der Waals surface area contributed by atoms with E-state index in [-0.39, 0.29) is 17.7 Å². The fraction of sp³-hybridized carbons (Fsp3) is 0.250. The minimum absolute atomic E-state index is 0.0786. The van der Waals surface area contributed by atoms with Crippen molar-refractivity contribution in [1.29, 1.82) is 0 Å². The summed E-state index contributed by atoms with van der Waals surface area (Å²) < 4.78 is 61.6. The maximum absolute atomic E-state index is 11.0. The quantitative estimate of drug-likeness (QED) is 0.763. The first-order valence-corrected chi connectivity index (χ1v) is 7.18. The molecule has 0 aliphatic heterocycles. The third-order valence-corrected chi connectivity index (χ3v) is 4.02. The summed E-state index contributed by atoms with van der Waals surface area (Å²) in [5.74, 6) is 0. The highest BCUT2D eigenvalue weighted by Gasteiger charge is 2.21. The number of rotatable bonds is 3. The third kappa shape index (κ3) is 3.01. The molecule has 0 fully saturated rings. The van der Waals surface area contributed by atoms with Crippen LogP contribution in [-0.2, 0) is 26.8 Å². The van der Waals surface area contributed by atoms with Crippen LogP contribution in [0, 0.1) is 6.92 Å². The zero-order valence-electron chi connectivity index (χ0n) is 8.71. The van der Waals surface area contributed by atoms with E-state index in [9.17, 15) is 16.8 Å². The van der Waals surface area contributed by atoms with Crippen LogP contribution in [-0.4, -0.2) is 25.9 Å². The van der Waals surface area contributed by atoms with Crippen molar-refractivity contribution in [2.45, 2.75) is 23.3 Å². The Kier molecular flexibility index (Phi) is 3.60. The molecule has 0 saturated carbocycles. The first-order chi connectivity index (χ1) is 7.57. The van der Waals surface area contributed by atoms with Gasteiger partial charge < -0.3 is 0 Å². The van der Waals surface area contributed by atoms with Gasteiger partial charge >= 0.3 is 0 Å². The monoisotopic (exact) mass is 280 g/mol. The predicted molar refractivity (Wildman–Crippen MR) is 57.6 cm³/mol. The number of benzene rings is 1. The average Bonchev–Trinajstić information content (AvgIpc) is 2.14. The van der Waals surface area contributed by atoms with Crippen LogP contribution >= 0.6 is 0 Å². The van der Waals surface area contributed by atoms with Gasteiger partial charge in [-0.25, -0.2) is 0 Å². The van der Waals surface area contributed by atoms with E-state index < -0.39 is 30.0 Å². The maximum atomic E-state index is 11.0. The molecular weight excluding hydrogens is 270 g/mol. The molecule has 7 nitrogen and oxygen atoms in total. The molecule has 1 rings (SSSR count). The highest BCUT2D eigenvalue weighted by molar-refractivity contribution is 7.86. The van der Waals surface area contributed by atoms with Gasteiger partial charge in [0.15, 0.2) is 0 Å². The van der Waals surface area contributed by atoms with E-state index in [1.54, 1.807) is 0 Å². The van der Waals surface area contributed by atoms with Crippen molar-refractivity contribution >= 4 is 20.2 Å². The van der Waals surface area contributed by atoms with Crippen LogP contribution in [0.15, 0.2) is 21.9 Å². The maximum Gasteiger partial charge on any atom is 0.294 e. The fourth-order valence-electron chi connectivity index (χ4n) is 1.32. The zero-order valence-corrected chi connectivity index (χ0v) is 10.3. The summed E-state index contributed by atoms with van der Waals surface area (Å²) in [6.07, 6.45) is 0. The first kappa shape index (κ1) is 14.1. The second-order valence-corrected chi connectivity index (χ2v) is 6.14. The minimum Gasteiger partial charge on any atom is -0.282 e. The lowest BCUT2D eigenvalue weighted by atomic mass is 10.1. The van der Waals surface area contributed by atoms with Gasteiger partial charge in [0.1, 0.15) is 0 Å². The summed E-state index contributed by atoms with van der Waals surface area (Å²) in [4.78, 5) is -1.30. The van der Waals surface area contributed by atoms with Crippen molar-refractivity contribution < 1.29 is 25.9 Å². The molecule has 1 aromatic carbocycles. The number of nitrogens with one attached hydrogen (secondary N) is 1. The highest BCUT2D eigenvalue weighted by atomic mass is 32.2. The molecule has 0 saturated heterocycles. The van der Waals surface area contributed by atoms with Crippen LogP contribution < -0.4 is 5.73 Å². The van der Waals surface area contributed by atoms with Gasteiger partial charge in [0, 0.05) is 6.54 Å². The first-order valence-electron chi connectivity index (χ1n) is 4.30. The van der Waals surface area contributed by atoms with Gasteiger partial charge in [-0.2, -0.15) is 16.8 Å². The molecule has 0 aliphatic rings. The Balaban J connectivity index is 3.74. The van der Waals surface area contributed by atoms with E-state index in [0.29, 0.717) is 6.07 Å². The van der Waals surface area contributed by atoms with Crippen molar-refractivity contribution in [1.82, 2.24) is 5.73 Å². The molecule has 95 valence electrons. The molecule has 1 radical (unpaired) electrons. The van der Waals surface area contributed by atoms with Gasteiger partial charge in [-0.1, -0.05) is 0 Å². The summed E-state index contributed by atoms with van der Waals surface area (Å²) in [5, 5.41) is 0. The van der Waals surface area contributed by atoms with E-state index >= 15 is 0 Å². The normalized spacial score (nSPS) is 12.7. The molecule has 17 heavy (non-hydrogen) atoms. The standard InChI is InChI=1S/C8H10NO6S2/c1-5-6(4-9)2-7(16(10,11)12)3-8(5)17(13,14)15/h2-3,9H,4H2,1H3,(H,10,11,12)(H,13,14,15).